The summed E-state index contributed by atoms with van der Waals surface area (Å²) in [5.41, 5.74) is 1.28. The van der Waals surface area contributed by atoms with Crippen LogP contribution in [0.25, 0.3) is 0 Å². The highest BCUT2D eigenvalue weighted by molar-refractivity contribution is 5.95. The highest BCUT2D eigenvalue weighted by Crippen LogP contribution is 2.21. The number of carbonyl (C=O) groups excluding carboxylic acids is 1. The lowest BCUT2D eigenvalue weighted by Crippen LogP contribution is -2.27. The fourth-order valence-corrected chi connectivity index (χ4v) is 2.48. The molecule has 1 N–H and O–H groups in total. The summed E-state index contributed by atoms with van der Waals surface area (Å²) in [5.74, 6) is 0.541. The van der Waals surface area contributed by atoms with Gasteiger partial charge in [-0.05, 0) is 11.6 Å². The van der Waals surface area contributed by atoms with Crippen molar-refractivity contribution in [1.29, 1.82) is 0 Å². The van der Waals surface area contributed by atoms with Gasteiger partial charge >= 0.3 is 0 Å². The average Bonchev–Trinajstić information content (AvgIpc) is 3.10. The Balaban J connectivity index is 1.84. The van der Waals surface area contributed by atoms with E-state index in [1.807, 2.05) is 51.1 Å². The van der Waals surface area contributed by atoms with Crippen LogP contribution in [0.1, 0.15) is 38.2 Å². The van der Waals surface area contributed by atoms with Crippen molar-refractivity contribution in [3.63, 3.8) is 0 Å². The maximum Gasteiger partial charge on any atom is 0.253 e. The zero-order valence-electron chi connectivity index (χ0n) is 14.5. The third kappa shape index (κ3) is 3.91. The van der Waals surface area contributed by atoms with Gasteiger partial charge in [0.1, 0.15) is 5.82 Å². The standard InChI is InChI=1S/C19H21N5O/c1-19(2,3)18-20-12-15(13-21-18)23-17(25)16(24-11-7-10-22-24)14-8-5-4-6-9-14/h4-13,16H,1-3H3,(H,23,25)/t16-/m1/s1. The number of benzene rings is 1. The molecule has 0 aliphatic heterocycles. The fourth-order valence-electron chi connectivity index (χ4n) is 2.48. The molecule has 0 spiro atoms. The number of nitrogens with one attached hydrogen (secondary N) is 1. The van der Waals surface area contributed by atoms with E-state index < -0.39 is 6.04 Å². The van der Waals surface area contributed by atoms with Gasteiger partial charge in [0, 0.05) is 17.8 Å². The van der Waals surface area contributed by atoms with Crippen LogP contribution in [0.15, 0.2) is 61.2 Å². The Hall–Kier alpha value is -3.02. The van der Waals surface area contributed by atoms with E-state index in [1.165, 1.54) is 0 Å². The van der Waals surface area contributed by atoms with Crippen molar-refractivity contribution in [2.24, 2.45) is 0 Å². The molecule has 0 aliphatic rings. The second-order valence-electron chi connectivity index (χ2n) is 6.83. The molecule has 0 fully saturated rings. The molecule has 0 saturated heterocycles. The molecule has 1 amide bonds. The molecule has 25 heavy (non-hydrogen) atoms. The average molecular weight is 335 g/mol. The number of hydrogen-bond acceptors (Lipinski definition) is 4. The Morgan fingerprint density at radius 3 is 2.32 bits per heavy atom. The van der Waals surface area contributed by atoms with Crippen LogP contribution in [0.2, 0.25) is 0 Å². The van der Waals surface area contributed by atoms with Crippen molar-refractivity contribution in [1.82, 2.24) is 19.7 Å². The van der Waals surface area contributed by atoms with E-state index in [2.05, 4.69) is 20.4 Å². The van der Waals surface area contributed by atoms with Crippen molar-refractivity contribution in [3.05, 3.63) is 72.6 Å². The molecular weight excluding hydrogens is 314 g/mol. The van der Waals surface area contributed by atoms with Crippen LogP contribution >= 0.6 is 0 Å². The van der Waals surface area contributed by atoms with E-state index >= 15 is 0 Å². The Kier molecular flexibility index (Phi) is 4.61. The number of anilines is 1. The molecule has 128 valence electrons. The molecule has 2 heterocycles. The summed E-state index contributed by atoms with van der Waals surface area (Å²) >= 11 is 0. The van der Waals surface area contributed by atoms with Crippen molar-refractivity contribution in [2.45, 2.75) is 32.2 Å². The minimum atomic E-state index is -0.557. The highest BCUT2D eigenvalue weighted by atomic mass is 16.2. The molecule has 6 heteroatoms. The van der Waals surface area contributed by atoms with E-state index in [1.54, 1.807) is 35.5 Å². The number of amides is 1. The maximum atomic E-state index is 12.9. The fraction of sp³-hybridized carbons (Fsp3) is 0.263. The van der Waals surface area contributed by atoms with Gasteiger partial charge in [-0.25, -0.2) is 9.97 Å². The van der Waals surface area contributed by atoms with Crippen molar-refractivity contribution in [2.75, 3.05) is 5.32 Å². The second-order valence-corrected chi connectivity index (χ2v) is 6.83. The molecule has 0 aliphatic carbocycles. The molecule has 3 rings (SSSR count). The topological polar surface area (TPSA) is 72.7 Å². The smallest absolute Gasteiger partial charge is 0.253 e. The van der Waals surface area contributed by atoms with Crippen molar-refractivity contribution < 1.29 is 4.79 Å². The van der Waals surface area contributed by atoms with Crippen LogP contribution in [0, 0.1) is 0 Å². The first-order chi connectivity index (χ1) is 11.9. The number of hydrogen-bond donors (Lipinski definition) is 1. The lowest BCUT2D eigenvalue weighted by Gasteiger charge is -2.19. The number of aromatic nitrogens is 4. The summed E-state index contributed by atoms with van der Waals surface area (Å²) in [5, 5.41) is 7.11. The number of nitrogens with zero attached hydrogens (tertiary/aromatic N) is 4. The third-order valence-electron chi connectivity index (χ3n) is 3.74. The van der Waals surface area contributed by atoms with Crippen molar-refractivity contribution in [3.8, 4) is 0 Å². The summed E-state index contributed by atoms with van der Waals surface area (Å²) in [6.07, 6.45) is 6.70. The maximum absolute atomic E-state index is 12.9. The quantitative estimate of drug-likeness (QED) is 0.795. The van der Waals surface area contributed by atoms with E-state index in [9.17, 15) is 4.79 Å². The minimum Gasteiger partial charge on any atom is -0.321 e. The van der Waals surface area contributed by atoms with Gasteiger partial charge in [-0.3, -0.25) is 9.48 Å². The Morgan fingerprint density at radius 1 is 1.08 bits per heavy atom. The van der Waals surface area contributed by atoms with Crippen LogP contribution in [0.4, 0.5) is 5.69 Å². The Labute approximate surface area is 146 Å². The second kappa shape index (κ2) is 6.84. The first-order valence-corrected chi connectivity index (χ1v) is 8.12. The predicted molar refractivity (Wildman–Crippen MR) is 96.2 cm³/mol. The first-order valence-electron chi connectivity index (χ1n) is 8.12. The van der Waals surface area contributed by atoms with Crippen LogP contribution < -0.4 is 5.32 Å². The van der Waals surface area contributed by atoms with E-state index in [0.717, 1.165) is 11.4 Å². The monoisotopic (exact) mass is 335 g/mol. The van der Waals surface area contributed by atoms with E-state index in [4.69, 9.17) is 0 Å². The molecule has 3 aromatic rings. The predicted octanol–water partition coefficient (Wildman–Crippen LogP) is 3.20. The van der Waals surface area contributed by atoms with E-state index in [0.29, 0.717) is 5.69 Å². The normalized spacial score (nSPS) is 12.6. The van der Waals surface area contributed by atoms with Gasteiger partial charge in [0.2, 0.25) is 0 Å². The first kappa shape index (κ1) is 16.8. The summed E-state index contributed by atoms with van der Waals surface area (Å²) in [6.45, 7) is 6.14. The van der Waals surface area contributed by atoms with Gasteiger partial charge in [0.05, 0.1) is 18.1 Å². The number of carbonyl (C=O) groups is 1. The van der Waals surface area contributed by atoms with Crippen LogP contribution in [0.3, 0.4) is 0 Å². The Morgan fingerprint density at radius 2 is 1.76 bits per heavy atom. The lowest BCUT2D eigenvalue weighted by atomic mass is 9.96. The molecular formula is C19H21N5O. The molecule has 0 radical (unpaired) electrons. The van der Waals surface area contributed by atoms with Crippen LogP contribution in [0.5, 0.6) is 0 Å². The minimum absolute atomic E-state index is 0.135. The molecule has 0 bridgehead atoms. The lowest BCUT2D eigenvalue weighted by molar-refractivity contribution is -0.118. The number of rotatable bonds is 4. The zero-order chi connectivity index (χ0) is 17.9. The summed E-state index contributed by atoms with van der Waals surface area (Å²) in [6, 6.07) is 10.8. The van der Waals surface area contributed by atoms with Crippen molar-refractivity contribution >= 4 is 11.6 Å². The van der Waals surface area contributed by atoms with Gasteiger partial charge < -0.3 is 5.32 Å². The molecule has 1 aromatic carbocycles. The largest absolute Gasteiger partial charge is 0.321 e. The molecule has 2 aromatic heterocycles. The van der Waals surface area contributed by atoms with Crippen LogP contribution in [-0.2, 0) is 10.2 Å². The van der Waals surface area contributed by atoms with Crippen LogP contribution in [-0.4, -0.2) is 25.7 Å². The molecule has 0 unspecified atom stereocenters. The van der Waals surface area contributed by atoms with Gasteiger partial charge in [-0.2, -0.15) is 5.10 Å². The highest BCUT2D eigenvalue weighted by Gasteiger charge is 2.23. The Bertz CT molecular complexity index is 821. The third-order valence-corrected chi connectivity index (χ3v) is 3.74. The van der Waals surface area contributed by atoms with Gasteiger partial charge in [0.25, 0.3) is 5.91 Å². The van der Waals surface area contributed by atoms with E-state index in [-0.39, 0.29) is 11.3 Å². The molecule has 6 nitrogen and oxygen atoms in total. The van der Waals surface area contributed by atoms with Gasteiger partial charge in [-0.1, -0.05) is 51.1 Å². The summed E-state index contributed by atoms with van der Waals surface area (Å²) < 4.78 is 1.63. The zero-order valence-corrected chi connectivity index (χ0v) is 14.5. The summed E-state index contributed by atoms with van der Waals surface area (Å²) in [7, 11) is 0. The van der Waals surface area contributed by atoms with Gasteiger partial charge in [0.15, 0.2) is 6.04 Å². The summed E-state index contributed by atoms with van der Waals surface area (Å²) in [4.78, 5) is 21.6. The SMILES string of the molecule is CC(C)(C)c1ncc(NC(=O)[C@@H](c2ccccc2)n2cccn2)cn1. The molecule has 0 saturated carbocycles. The van der Waals surface area contributed by atoms with Gasteiger partial charge in [-0.15, -0.1) is 0 Å². The molecule has 1 atom stereocenters.